The van der Waals surface area contributed by atoms with Crippen LogP contribution in [0.5, 0.6) is 0 Å². The molecular weight excluding hydrogens is 224 g/mol. The van der Waals surface area contributed by atoms with Gasteiger partial charge >= 0.3 is 0 Å². The van der Waals surface area contributed by atoms with Crippen LogP contribution in [-0.2, 0) is 0 Å². The Morgan fingerprint density at radius 1 is 1.06 bits per heavy atom. The normalized spacial score (nSPS) is 10.8. The summed E-state index contributed by atoms with van der Waals surface area (Å²) < 4.78 is 1.69. The second-order valence-corrected chi connectivity index (χ2v) is 3.76. The lowest BCUT2D eigenvalue weighted by Crippen LogP contribution is -1.97. The number of hydrogen-bond acceptors (Lipinski definition) is 3. The first-order chi connectivity index (χ1) is 7.84. The van der Waals surface area contributed by atoms with Gasteiger partial charge in [0, 0.05) is 11.2 Å². The van der Waals surface area contributed by atoms with E-state index in [1.54, 1.807) is 10.9 Å². The molecule has 0 unspecified atom stereocenters. The van der Waals surface area contributed by atoms with Crippen LogP contribution in [-0.4, -0.2) is 20.0 Å². The van der Waals surface area contributed by atoms with Crippen molar-refractivity contribution in [1.82, 2.24) is 20.0 Å². The van der Waals surface area contributed by atoms with Gasteiger partial charge in [0.05, 0.1) is 5.69 Å². The zero-order valence-corrected chi connectivity index (χ0v) is 8.96. The van der Waals surface area contributed by atoms with E-state index in [-0.39, 0.29) is 0 Å². The minimum absolute atomic E-state index is 0.695. The van der Waals surface area contributed by atoms with Crippen LogP contribution in [0.2, 0.25) is 5.02 Å². The molecular formula is C11H7ClN4. The van der Waals surface area contributed by atoms with E-state index >= 15 is 0 Å². The van der Waals surface area contributed by atoms with E-state index in [9.17, 15) is 0 Å². The standard InChI is InChI=1S/C11H7ClN4/c12-8-3-5-9(6-4-8)16-11-10(14-15-16)2-1-7-13-11/h1-7H. The Morgan fingerprint density at radius 3 is 2.69 bits per heavy atom. The van der Waals surface area contributed by atoms with Crippen LogP contribution < -0.4 is 0 Å². The monoisotopic (exact) mass is 230 g/mol. The predicted molar refractivity (Wildman–Crippen MR) is 61.7 cm³/mol. The summed E-state index contributed by atoms with van der Waals surface area (Å²) in [6.07, 6.45) is 1.72. The molecule has 1 aromatic carbocycles. The number of halogens is 1. The number of benzene rings is 1. The number of hydrogen-bond donors (Lipinski definition) is 0. The average molecular weight is 231 g/mol. The molecule has 4 nitrogen and oxygen atoms in total. The van der Waals surface area contributed by atoms with Crippen LogP contribution in [0.4, 0.5) is 0 Å². The van der Waals surface area contributed by atoms with Crippen molar-refractivity contribution in [3.8, 4) is 5.69 Å². The van der Waals surface area contributed by atoms with Gasteiger partial charge in [0.1, 0.15) is 5.52 Å². The van der Waals surface area contributed by atoms with Crippen molar-refractivity contribution >= 4 is 22.8 Å². The third kappa shape index (κ3) is 1.44. The van der Waals surface area contributed by atoms with E-state index in [2.05, 4.69) is 15.3 Å². The molecule has 3 rings (SSSR count). The third-order valence-corrected chi connectivity index (χ3v) is 2.53. The van der Waals surface area contributed by atoms with Crippen LogP contribution in [0.1, 0.15) is 0 Å². The van der Waals surface area contributed by atoms with Gasteiger partial charge in [0.15, 0.2) is 5.65 Å². The average Bonchev–Trinajstić information content (AvgIpc) is 2.74. The molecule has 0 saturated heterocycles. The smallest absolute Gasteiger partial charge is 0.183 e. The quantitative estimate of drug-likeness (QED) is 0.645. The van der Waals surface area contributed by atoms with Gasteiger partial charge in [-0.15, -0.1) is 5.10 Å². The fourth-order valence-electron chi connectivity index (χ4n) is 1.52. The fraction of sp³-hybridized carbons (Fsp3) is 0. The number of fused-ring (bicyclic) bond motifs is 1. The Hall–Kier alpha value is -1.94. The SMILES string of the molecule is Clc1ccc(-n2nnc3cccnc32)cc1. The highest BCUT2D eigenvalue weighted by atomic mass is 35.5. The molecule has 0 aliphatic carbocycles. The second-order valence-electron chi connectivity index (χ2n) is 3.32. The van der Waals surface area contributed by atoms with Crippen molar-refractivity contribution in [2.24, 2.45) is 0 Å². The lowest BCUT2D eigenvalue weighted by Gasteiger charge is -2.00. The third-order valence-electron chi connectivity index (χ3n) is 2.28. The maximum Gasteiger partial charge on any atom is 0.183 e. The molecule has 0 aliphatic rings. The summed E-state index contributed by atoms with van der Waals surface area (Å²) in [6, 6.07) is 11.1. The summed E-state index contributed by atoms with van der Waals surface area (Å²) in [5.41, 5.74) is 2.41. The Bertz CT molecular complexity index is 630. The Morgan fingerprint density at radius 2 is 1.88 bits per heavy atom. The minimum atomic E-state index is 0.695. The fourth-order valence-corrected chi connectivity index (χ4v) is 1.65. The zero-order valence-electron chi connectivity index (χ0n) is 8.21. The topological polar surface area (TPSA) is 43.6 Å². The van der Waals surface area contributed by atoms with Crippen molar-refractivity contribution in [2.75, 3.05) is 0 Å². The molecule has 0 N–H and O–H groups in total. The summed E-state index contributed by atoms with van der Waals surface area (Å²) >= 11 is 5.83. The van der Waals surface area contributed by atoms with Crippen LogP contribution >= 0.6 is 11.6 Å². The van der Waals surface area contributed by atoms with Crippen molar-refractivity contribution in [1.29, 1.82) is 0 Å². The van der Waals surface area contributed by atoms with Gasteiger partial charge in [-0.25, -0.2) is 4.98 Å². The molecule has 2 aromatic heterocycles. The number of rotatable bonds is 1. The molecule has 0 amide bonds. The second kappa shape index (κ2) is 3.57. The van der Waals surface area contributed by atoms with E-state index in [4.69, 9.17) is 11.6 Å². The van der Waals surface area contributed by atoms with Crippen molar-refractivity contribution in [3.63, 3.8) is 0 Å². The maximum atomic E-state index is 5.83. The lowest BCUT2D eigenvalue weighted by atomic mass is 10.3. The summed E-state index contributed by atoms with van der Waals surface area (Å²) in [6.45, 7) is 0. The zero-order chi connectivity index (χ0) is 11.0. The molecule has 3 aromatic rings. The molecule has 78 valence electrons. The first-order valence-electron chi connectivity index (χ1n) is 4.77. The molecule has 0 spiro atoms. The largest absolute Gasteiger partial charge is 0.235 e. The Balaban J connectivity index is 2.22. The van der Waals surface area contributed by atoms with E-state index in [1.807, 2.05) is 36.4 Å². The first-order valence-corrected chi connectivity index (χ1v) is 5.15. The Labute approximate surface area is 96.5 Å². The maximum absolute atomic E-state index is 5.83. The highest BCUT2D eigenvalue weighted by molar-refractivity contribution is 6.30. The molecule has 0 aliphatic heterocycles. The molecule has 0 fully saturated rings. The van der Waals surface area contributed by atoms with Gasteiger partial charge < -0.3 is 0 Å². The first kappa shape index (κ1) is 9.30. The van der Waals surface area contributed by atoms with Gasteiger partial charge in [-0.1, -0.05) is 16.8 Å². The number of aromatic nitrogens is 4. The summed E-state index contributed by atoms with van der Waals surface area (Å²) in [5, 5.41) is 8.79. The van der Waals surface area contributed by atoms with Crippen molar-refractivity contribution in [3.05, 3.63) is 47.6 Å². The van der Waals surface area contributed by atoms with Gasteiger partial charge in [-0.2, -0.15) is 4.68 Å². The lowest BCUT2D eigenvalue weighted by molar-refractivity contribution is 0.817. The molecule has 0 atom stereocenters. The van der Waals surface area contributed by atoms with E-state index in [0.29, 0.717) is 5.02 Å². The highest BCUT2D eigenvalue weighted by Gasteiger charge is 2.06. The summed E-state index contributed by atoms with van der Waals surface area (Å²) in [5.74, 6) is 0. The van der Waals surface area contributed by atoms with Gasteiger partial charge in [0.25, 0.3) is 0 Å². The molecule has 0 radical (unpaired) electrons. The summed E-state index contributed by atoms with van der Waals surface area (Å²) in [4.78, 5) is 4.24. The minimum Gasteiger partial charge on any atom is -0.235 e. The van der Waals surface area contributed by atoms with Gasteiger partial charge in [-0.05, 0) is 36.4 Å². The molecule has 0 saturated carbocycles. The Kier molecular flexibility index (Phi) is 2.08. The number of nitrogens with zero attached hydrogens (tertiary/aromatic N) is 4. The van der Waals surface area contributed by atoms with E-state index in [0.717, 1.165) is 16.9 Å². The van der Waals surface area contributed by atoms with E-state index < -0.39 is 0 Å². The molecule has 0 bridgehead atoms. The highest BCUT2D eigenvalue weighted by Crippen LogP contribution is 2.16. The molecule has 5 heteroatoms. The van der Waals surface area contributed by atoms with Gasteiger partial charge in [0.2, 0.25) is 0 Å². The van der Waals surface area contributed by atoms with Crippen LogP contribution in [0.3, 0.4) is 0 Å². The van der Waals surface area contributed by atoms with Gasteiger partial charge in [-0.3, -0.25) is 0 Å². The number of pyridine rings is 1. The summed E-state index contributed by atoms with van der Waals surface area (Å²) in [7, 11) is 0. The van der Waals surface area contributed by atoms with Crippen molar-refractivity contribution < 1.29 is 0 Å². The van der Waals surface area contributed by atoms with Crippen LogP contribution in [0, 0.1) is 0 Å². The van der Waals surface area contributed by atoms with Crippen molar-refractivity contribution in [2.45, 2.75) is 0 Å². The van der Waals surface area contributed by atoms with Crippen LogP contribution in [0.25, 0.3) is 16.9 Å². The van der Waals surface area contributed by atoms with Crippen LogP contribution in [0.15, 0.2) is 42.6 Å². The predicted octanol–water partition coefficient (Wildman–Crippen LogP) is 2.47. The molecule has 2 heterocycles. The molecule has 16 heavy (non-hydrogen) atoms. The van der Waals surface area contributed by atoms with E-state index in [1.165, 1.54) is 0 Å².